The maximum atomic E-state index is 12.0. The molecule has 6 heteroatoms. The van der Waals surface area contributed by atoms with E-state index in [0.29, 0.717) is 5.56 Å². The summed E-state index contributed by atoms with van der Waals surface area (Å²) in [5, 5.41) is 38.2. The predicted molar refractivity (Wildman–Crippen MR) is 74.6 cm³/mol. The average Bonchev–Trinajstić information content (AvgIpc) is 2.41. The zero-order valence-corrected chi connectivity index (χ0v) is 10.6. The Balaban J connectivity index is 2.30. The summed E-state index contributed by atoms with van der Waals surface area (Å²) in [7, 11) is 0. The van der Waals surface area contributed by atoms with Gasteiger partial charge >= 0.3 is 5.63 Å². The molecule has 4 N–H and O–H groups in total. The third kappa shape index (κ3) is 2.12. The van der Waals surface area contributed by atoms with Gasteiger partial charge in [0.1, 0.15) is 17.1 Å². The van der Waals surface area contributed by atoms with E-state index in [9.17, 15) is 25.2 Å². The molecule has 0 aliphatic rings. The molecule has 3 rings (SSSR count). The van der Waals surface area contributed by atoms with E-state index in [4.69, 9.17) is 4.42 Å². The second-order valence-electron chi connectivity index (χ2n) is 4.53. The number of hydrogen-bond donors (Lipinski definition) is 4. The van der Waals surface area contributed by atoms with Crippen molar-refractivity contribution in [3.05, 3.63) is 46.8 Å². The largest absolute Gasteiger partial charge is 0.508 e. The van der Waals surface area contributed by atoms with Crippen molar-refractivity contribution < 1.29 is 24.8 Å². The van der Waals surface area contributed by atoms with E-state index in [0.717, 1.165) is 6.07 Å². The van der Waals surface area contributed by atoms with Crippen LogP contribution in [0.15, 0.2) is 45.6 Å². The molecular formula is C15H10O6. The minimum atomic E-state index is -0.697. The molecule has 3 aromatic rings. The van der Waals surface area contributed by atoms with E-state index >= 15 is 0 Å². The van der Waals surface area contributed by atoms with Gasteiger partial charge in [0.05, 0.1) is 10.9 Å². The highest BCUT2D eigenvalue weighted by Crippen LogP contribution is 2.33. The standard InChI is InChI=1S/C15H10O6/c16-8-4-12(18)10-6-9(15(20)21-14(10)5-8)7-1-2-11(17)13(19)3-7/h1-6,16-19H. The molecular weight excluding hydrogens is 276 g/mol. The number of phenolic OH excluding ortho intramolecular Hbond substituents is 4. The Bertz CT molecular complexity index is 910. The Morgan fingerprint density at radius 1 is 0.810 bits per heavy atom. The highest BCUT2D eigenvalue weighted by Gasteiger charge is 2.13. The van der Waals surface area contributed by atoms with E-state index in [1.54, 1.807) is 0 Å². The van der Waals surface area contributed by atoms with Crippen LogP contribution >= 0.6 is 0 Å². The van der Waals surface area contributed by atoms with Gasteiger partial charge in [-0.05, 0) is 23.8 Å². The molecule has 0 saturated carbocycles. The van der Waals surface area contributed by atoms with Gasteiger partial charge in [0.15, 0.2) is 11.5 Å². The van der Waals surface area contributed by atoms with Gasteiger partial charge in [0, 0.05) is 12.1 Å². The first-order chi connectivity index (χ1) is 9.95. The zero-order valence-electron chi connectivity index (χ0n) is 10.6. The van der Waals surface area contributed by atoms with Crippen molar-refractivity contribution >= 4 is 11.0 Å². The van der Waals surface area contributed by atoms with E-state index < -0.39 is 5.63 Å². The first kappa shape index (κ1) is 12.9. The molecule has 0 fully saturated rings. The molecule has 0 saturated heterocycles. The number of rotatable bonds is 1. The Morgan fingerprint density at radius 3 is 2.29 bits per heavy atom. The van der Waals surface area contributed by atoms with Gasteiger partial charge in [-0.3, -0.25) is 0 Å². The fraction of sp³-hybridized carbons (Fsp3) is 0. The zero-order chi connectivity index (χ0) is 15.1. The monoisotopic (exact) mass is 286 g/mol. The van der Waals surface area contributed by atoms with Gasteiger partial charge in [0.2, 0.25) is 0 Å². The van der Waals surface area contributed by atoms with Crippen LogP contribution in [0.25, 0.3) is 22.1 Å². The van der Waals surface area contributed by atoms with Crippen molar-refractivity contribution in [3.63, 3.8) is 0 Å². The molecule has 0 aliphatic carbocycles. The van der Waals surface area contributed by atoms with Gasteiger partial charge < -0.3 is 24.8 Å². The summed E-state index contributed by atoms with van der Waals surface area (Å²) >= 11 is 0. The normalized spacial score (nSPS) is 10.9. The maximum absolute atomic E-state index is 12.0. The minimum absolute atomic E-state index is 0.0456. The van der Waals surface area contributed by atoms with Crippen LogP contribution in [0.4, 0.5) is 0 Å². The summed E-state index contributed by atoms with van der Waals surface area (Å²) in [5.74, 6) is -1.14. The van der Waals surface area contributed by atoms with E-state index in [2.05, 4.69) is 0 Å². The third-order valence-electron chi connectivity index (χ3n) is 3.10. The molecule has 0 unspecified atom stereocenters. The molecule has 0 bridgehead atoms. The maximum Gasteiger partial charge on any atom is 0.344 e. The van der Waals surface area contributed by atoms with Gasteiger partial charge in [-0.1, -0.05) is 6.07 Å². The van der Waals surface area contributed by atoms with E-state index in [1.807, 2.05) is 0 Å². The van der Waals surface area contributed by atoms with Crippen LogP contribution < -0.4 is 5.63 Å². The van der Waals surface area contributed by atoms with Crippen molar-refractivity contribution in [1.82, 2.24) is 0 Å². The molecule has 1 heterocycles. The first-order valence-corrected chi connectivity index (χ1v) is 5.98. The minimum Gasteiger partial charge on any atom is -0.508 e. The van der Waals surface area contributed by atoms with Crippen LogP contribution in [0, 0.1) is 0 Å². The van der Waals surface area contributed by atoms with Crippen molar-refractivity contribution in [2.24, 2.45) is 0 Å². The van der Waals surface area contributed by atoms with Crippen molar-refractivity contribution in [3.8, 4) is 34.1 Å². The molecule has 2 aromatic carbocycles. The number of fused-ring (bicyclic) bond motifs is 1. The summed E-state index contributed by atoms with van der Waals surface area (Å²) in [4.78, 5) is 12.0. The van der Waals surface area contributed by atoms with Gasteiger partial charge in [-0.25, -0.2) is 4.79 Å². The van der Waals surface area contributed by atoms with Crippen LogP contribution in [0.2, 0.25) is 0 Å². The molecule has 0 amide bonds. The van der Waals surface area contributed by atoms with Crippen LogP contribution in [-0.2, 0) is 0 Å². The van der Waals surface area contributed by atoms with E-state index in [1.165, 1.54) is 30.3 Å². The van der Waals surface area contributed by atoms with Crippen LogP contribution in [0.1, 0.15) is 0 Å². The Labute approximate surface area is 117 Å². The second-order valence-corrected chi connectivity index (χ2v) is 4.53. The van der Waals surface area contributed by atoms with E-state index in [-0.39, 0.29) is 39.5 Å². The average molecular weight is 286 g/mol. The number of hydrogen-bond acceptors (Lipinski definition) is 6. The summed E-state index contributed by atoms with van der Waals surface area (Å²) in [6.07, 6.45) is 0. The summed E-state index contributed by atoms with van der Waals surface area (Å²) < 4.78 is 5.06. The lowest BCUT2D eigenvalue weighted by atomic mass is 10.0. The summed E-state index contributed by atoms with van der Waals surface area (Å²) in [5.41, 5.74) is -0.214. The lowest BCUT2D eigenvalue weighted by Gasteiger charge is -2.06. The van der Waals surface area contributed by atoms with Crippen LogP contribution in [0.3, 0.4) is 0 Å². The highest BCUT2D eigenvalue weighted by molar-refractivity contribution is 5.88. The fourth-order valence-corrected chi connectivity index (χ4v) is 2.08. The quantitative estimate of drug-likeness (QED) is 0.403. The second kappa shape index (κ2) is 4.45. The topological polar surface area (TPSA) is 111 Å². The van der Waals surface area contributed by atoms with Gasteiger partial charge in [-0.15, -0.1) is 0 Å². The fourth-order valence-electron chi connectivity index (χ4n) is 2.08. The first-order valence-electron chi connectivity index (χ1n) is 5.98. The van der Waals surface area contributed by atoms with Crippen molar-refractivity contribution in [2.75, 3.05) is 0 Å². The summed E-state index contributed by atoms with van der Waals surface area (Å²) in [6.45, 7) is 0. The smallest absolute Gasteiger partial charge is 0.344 e. The third-order valence-corrected chi connectivity index (χ3v) is 3.10. The molecule has 1 aromatic heterocycles. The van der Waals surface area contributed by atoms with Crippen molar-refractivity contribution in [1.29, 1.82) is 0 Å². The van der Waals surface area contributed by atoms with Gasteiger partial charge in [-0.2, -0.15) is 0 Å². The Kier molecular flexibility index (Phi) is 2.72. The van der Waals surface area contributed by atoms with Gasteiger partial charge in [0.25, 0.3) is 0 Å². The van der Waals surface area contributed by atoms with Crippen molar-refractivity contribution in [2.45, 2.75) is 0 Å². The molecule has 106 valence electrons. The predicted octanol–water partition coefficient (Wildman–Crippen LogP) is 2.28. The SMILES string of the molecule is O=c1oc2cc(O)cc(O)c2cc1-c1ccc(O)c(O)c1. The van der Waals surface area contributed by atoms with Crippen LogP contribution in [-0.4, -0.2) is 20.4 Å². The molecule has 0 radical (unpaired) electrons. The number of phenols is 4. The molecule has 0 aliphatic heterocycles. The Morgan fingerprint density at radius 2 is 1.57 bits per heavy atom. The van der Waals surface area contributed by atoms with Crippen LogP contribution in [0.5, 0.6) is 23.0 Å². The molecule has 0 atom stereocenters. The molecule has 0 spiro atoms. The highest BCUT2D eigenvalue weighted by atomic mass is 16.4. The molecule has 6 nitrogen and oxygen atoms in total. The Hall–Kier alpha value is -3.15. The summed E-state index contributed by atoms with van der Waals surface area (Å²) in [6, 6.07) is 7.62. The lowest BCUT2D eigenvalue weighted by Crippen LogP contribution is -2.02. The number of aromatic hydroxyl groups is 4. The lowest BCUT2D eigenvalue weighted by molar-refractivity contribution is 0.404. The molecule has 21 heavy (non-hydrogen) atoms. The number of benzene rings is 2.